The molecule has 9 heteroatoms. The number of hydrogen-bond donors (Lipinski definition) is 3. The predicted molar refractivity (Wildman–Crippen MR) is 140 cm³/mol. The van der Waals surface area contributed by atoms with Gasteiger partial charge in [0.15, 0.2) is 23.0 Å². The standard InChI is InChI=1S/C29H30N2O7/c1-36-25-15-18(9-11-23(25)33)27(28(34)30-20-5-2-3-6-20)31(21-7-4-8-22(32)17-21)29(35)19-10-12-24-26(16-19)38-14-13-37-24/h4,7-12,15-17,20,27,32-33H,2-3,5-6,13-14H2,1H3,(H,30,34). The zero-order valence-corrected chi connectivity index (χ0v) is 21.1. The normalized spacial score (nSPS) is 15.5. The Balaban J connectivity index is 1.63. The fourth-order valence-electron chi connectivity index (χ4n) is 4.97. The number of fused-ring (bicyclic) bond motifs is 1. The van der Waals surface area contributed by atoms with Crippen molar-refractivity contribution >= 4 is 17.5 Å². The second kappa shape index (κ2) is 10.9. The van der Waals surface area contributed by atoms with Crippen LogP contribution in [0.2, 0.25) is 0 Å². The molecule has 1 fully saturated rings. The van der Waals surface area contributed by atoms with Gasteiger partial charge >= 0.3 is 0 Å². The van der Waals surface area contributed by atoms with E-state index in [1.165, 1.54) is 30.2 Å². The average Bonchev–Trinajstić information content (AvgIpc) is 3.44. The Morgan fingerprint density at radius 2 is 1.74 bits per heavy atom. The minimum Gasteiger partial charge on any atom is -0.508 e. The van der Waals surface area contributed by atoms with Gasteiger partial charge in [0, 0.05) is 23.4 Å². The van der Waals surface area contributed by atoms with Gasteiger partial charge in [-0.25, -0.2) is 0 Å². The Morgan fingerprint density at radius 3 is 2.47 bits per heavy atom. The molecule has 9 nitrogen and oxygen atoms in total. The monoisotopic (exact) mass is 518 g/mol. The van der Waals surface area contributed by atoms with Gasteiger partial charge < -0.3 is 29.7 Å². The molecule has 3 aromatic rings. The van der Waals surface area contributed by atoms with Crippen LogP contribution in [0.4, 0.5) is 5.69 Å². The lowest BCUT2D eigenvalue weighted by Crippen LogP contribution is -2.46. The van der Waals surface area contributed by atoms with Gasteiger partial charge in [0.05, 0.1) is 7.11 Å². The molecule has 198 valence electrons. The number of benzene rings is 3. The quantitative estimate of drug-likeness (QED) is 0.426. The van der Waals surface area contributed by atoms with Gasteiger partial charge in [-0.15, -0.1) is 0 Å². The highest BCUT2D eigenvalue weighted by molar-refractivity contribution is 6.10. The summed E-state index contributed by atoms with van der Waals surface area (Å²) in [5.74, 6) is 0.148. The molecule has 1 aliphatic heterocycles. The summed E-state index contributed by atoms with van der Waals surface area (Å²) in [4.78, 5) is 29.5. The van der Waals surface area contributed by atoms with Gasteiger partial charge in [-0.3, -0.25) is 14.5 Å². The van der Waals surface area contributed by atoms with Crippen LogP contribution in [0, 0.1) is 0 Å². The first-order valence-corrected chi connectivity index (χ1v) is 12.6. The maximum atomic E-state index is 14.2. The van der Waals surface area contributed by atoms with Crippen molar-refractivity contribution < 1.29 is 34.0 Å². The molecule has 0 spiro atoms. The lowest BCUT2D eigenvalue weighted by Gasteiger charge is -2.33. The Morgan fingerprint density at radius 1 is 0.974 bits per heavy atom. The van der Waals surface area contributed by atoms with E-state index in [-0.39, 0.29) is 34.8 Å². The summed E-state index contributed by atoms with van der Waals surface area (Å²) in [6.07, 6.45) is 3.77. The maximum absolute atomic E-state index is 14.2. The minimum absolute atomic E-state index is 0.000526. The minimum atomic E-state index is -1.13. The molecule has 38 heavy (non-hydrogen) atoms. The number of ether oxygens (including phenoxy) is 3. The molecule has 3 aromatic carbocycles. The first kappa shape index (κ1) is 25.3. The highest BCUT2D eigenvalue weighted by Gasteiger charge is 2.36. The van der Waals surface area contributed by atoms with Crippen molar-refractivity contribution in [1.29, 1.82) is 0 Å². The average molecular weight is 519 g/mol. The van der Waals surface area contributed by atoms with E-state index in [4.69, 9.17) is 14.2 Å². The number of rotatable bonds is 7. The Hall–Kier alpha value is -4.40. The molecular formula is C29H30N2O7. The summed E-state index contributed by atoms with van der Waals surface area (Å²) in [7, 11) is 1.42. The van der Waals surface area contributed by atoms with E-state index in [0.717, 1.165) is 25.7 Å². The fraction of sp³-hybridized carbons (Fsp3) is 0.310. The molecule has 0 radical (unpaired) electrons. The molecule has 0 saturated heterocycles. The molecule has 2 amide bonds. The van der Waals surface area contributed by atoms with Crippen LogP contribution in [-0.4, -0.2) is 48.4 Å². The van der Waals surface area contributed by atoms with Crippen molar-refractivity contribution in [3.63, 3.8) is 0 Å². The summed E-state index contributed by atoms with van der Waals surface area (Å²) < 4.78 is 16.6. The topological polar surface area (TPSA) is 118 Å². The first-order valence-electron chi connectivity index (χ1n) is 12.6. The van der Waals surface area contributed by atoms with Crippen LogP contribution in [0.15, 0.2) is 60.7 Å². The van der Waals surface area contributed by atoms with Gasteiger partial charge in [0.2, 0.25) is 5.91 Å². The van der Waals surface area contributed by atoms with E-state index in [0.29, 0.717) is 36.0 Å². The Labute approximate surface area is 220 Å². The third kappa shape index (κ3) is 5.18. The number of aromatic hydroxyl groups is 2. The number of carbonyl (C=O) groups is 2. The van der Waals surface area contributed by atoms with Crippen molar-refractivity contribution in [3.05, 3.63) is 71.8 Å². The van der Waals surface area contributed by atoms with Gasteiger partial charge in [0.25, 0.3) is 5.91 Å². The van der Waals surface area contributed by atoms with Crippen LogP contribution < -0.4 is 24.4 Å². The number of nitrogens with zero attached hydrogens (tertiary/aromatic N) is 1. The zero-order chi connectivity index (χ0) is 26.6. The summed E-state index contributed by atoms with van der Waals surface area (Å²) >= 11 is 0. The fourth-order valence-corrected chi connectivity index (χ4v) is 4.97. The molecule has 1 atom stereocenters. The second-order valence-corrected chi connectivity index (χ2v) is 9.38. The summed E-state index contributed by atoms with van der Waals surface area (Å²) in [6.45, 7) is 0.780. The van der Waals surface area contributed by atoms with Gasteiger partial charge in [-0.05, 0) is 60.9 Å². The largest absolute Gasteiger partial charge is 0.508 e. The third-order valence-electron chi connectivity index (χ3n) is 6.84. The van der Waals surface area contributed by atoms with E-state index < -0.39 is 11.9 Å². The number of hydrogen-bond acceptors (Lipinski definition) is 7. The van der Waals surface area contributed by atoms with Crippen LogP contribution in [0.25, 0.3) is 0 Å². The summed E-state index contributed by atoms with van der Waals surface area (Å²) in [5, 5.41) is 23.6. The second-order valence-electron chi connectivity index (χ2n) is 9.38. The number of nitrogens with one attached hydrogen (secondary N) is 1. The highest BCUT2D eigenvalue weighted by atomic mass is 16.6. The van der Waals surface area contributed by atoms with Crippen LogP contribution >= 0.6 is 0 Å². The summed E-state index contributed by atoms with van der Waals surface area (Å²) in [6, 6.07) is 14.5. The molecule has 3 N–H and O–H groups in total. The molecule has 5 rings (SSSR count). The van der Waals surface area contributed by atoms with Crippen molar-refractivity contribution in [2.75, 3.05) is 25.2 Å². The number of phenolic OH excluding ortho intramolecular Hbond substituents is 2. The molecule has 0 aromatic heterocycles. The van der Waals surface area contributed by atoms with E-state index in [1.807, 2.05) is 0 Å². The van der Waals surface area contributed by atoms with Crippen molar-refractivity contribution in [2.24, 2.45) is 0 Å². The van der Waals surface area contributed by atoms with Crippen molar-refractivity contribution in [1.82, 2.24) is 5.32 Å². The van der Waals surface area contributed by atoms with Crippen LogP contribution in [0.5, 0.6) is 28.7 Å². The molecular weight excluding hydrogens is 488 g/mol. The lowest BCUT2D eigenvalue weighted by molar-refractivity contribution is -0.123. The Kier molecular flexibility index (Phi) is 7.26. The maximum Gasteiger partial charge on any atom is 0.259 e. The number of amides is 2. The van der Waals surface area contributed by atoms with E-state index in [2.05, 4.69) is 5.32 Å². The lowest BCUT2D eigenvalue weighted by atomic mass is 10.00. The van der Waals surface area contributed by atoms with Crippen LogP contribution in [0.1, 0.15) is 47.6 Å². The van der Waals surface area contributed by atoms with Gasteiger partial charge in [-0.1, -0.05) is 25.0 Å². The van der Waals surface area contributed by atoms with Crippen molar-refractivity contribution in [2.45, 2.75) is 37.8 Å². The van der Waals surface area contributed by atoms with E-state index in [1.54, 1.807) is 42.5 Å². The van der Waals surface area contributed by atoms with Crippen LogP contribution in [0.3, 0.4) is 0 Å². The highest BCUT2D eigenvalue weighted by Crippen LogP contribution is 2.37. The van der Waals surface area contributed by atoms with Gasteiger partial charge in [-0.2, -0.15) is 0 Å². The predicted octanol–water partition coefficient (Wildman–Crippen LogP) is 4.32. The molecule has 1 heterocycles. The number of carbonyl (C=O) groups excluding carboxylic acids is 2. The number of methoxy groups -OCH3 is 1. The summed E-state index contributed by atoms with van der Waals surface area (Å²) in [5.41, 5.74) is 1.04. The molecule has 0 bridgehead atoms. The third-order valence-corrected chi connectivity index (χ3v) is 6.84. The first-order chi connectivity index (χ1) is 18.4. The SMILES string of the molecule is COc1cc(C(C(=O)NC2CCCC2)N(C(=O)c2ccc3c(c2)OCCO3)c2cccc(O)c2)ccc1O. The zero-order valence-electron chi connectivity index (χ0n) is 21.1. The Bertz CT molecular complexity index is 1340. The molecule has 1 unspecified atom stereocenters. The van der Waals surface area contributed by atoms with Crippen LogP contribution in [-0.2, 0) is 4.79 Å². The van der Waals surface area contributed by atoms with E-state index in [9.17, 15) is 19.8 Å². The van der Waals surface area contributed by atoms with E-state index >= 15 is 0 Å². The molecule has 1 aliphatic carbocycles. The molecule has 1 saturated carbocycles. The van der Waals surface area contributed by atoms with Gasteiger partial charge in [0.1, 0.15) is 25.0 Å². The molecule has 2 aliphatic rings. The number of anilines is 1. The number of phenols is 2. The smallest absolute Gasteiger partial charge is 0.259 e. The van der Waals surface area contributed by atoms with Crippen molar-refractivity contribution in [3.8, 4) is 28.7 Å².